The molecule has 1 saturated heterocycles. The third-order valence-electron chi connectivity index (χ3n) is 8.63. The van der Waals surface area contributed by atoms with Crippen molar-refractivity contribution >= 4 is 5.97 Å². The normalized spacial score (nSPS) is 24.5. The molecule has 204 valence electrons. The Morgan fingerprint density at radius 3 is 2.67 bits per heavy atom. The zero-order valence-electron chi connectivity index (χ0n) is 23.2. The lowest BCUT2D eigenvalue weighted by Crippen LogP contribution is -2.39. The van der Waals surface area contributed by atoms with E-state index in [1.165, 1.54) is 77.0 Å². The summed E-state index contributed by atoms with van der Waals surface area (Å²) < 4.78 is 11.2. The number of nitrogens with zero attached hydrogens (tertiary/aromatic N) is 1. The van der Waals surface area contributed by atoms with Crippen molar-refractivity contribution in [3.63, 3.8) is 0 Å². The molecule has 4 heteroatoms. The minimum absolute atomic E-state index is 0.0497. The van der Waals surface area contributed by atoms with Crippen molar-refractivity contribution in [3.05, 3.63) is 12.2 Å². The van der Waals surface area contributed by atoms with E-state index in [0.29, 0.717) is 18.4 Å². The fourth-order valence-corrected chi connectivity index (χ4v) is 6.31. The highest BCUT2D eigenvalue weighted by Gasteiger charge is 2.30. The van der Waals surface area contributed by atoms with E-state index in [2.05, 4.69) is 35.8 Å². The number of esters is 1. The zero-order chi connectivity index (χ0) is 25.3. The Bertz CT molecular complexity index is 681. The molecule has 1 heterocycles. The van der Waals surface area contributed by atoms with Gasteiger partial charge >= 0.3 is 5.97 Å². The first-order valence-corrected chi connectivity index (χ1v) is 15.4. The van der Waals surface area contributed by atoms with E-state index < -0.39 is 0 Å². The van der Waals surface area contributed by atoms with Crippen molar-refractivity contribution < 1.29 is 14.3 Å². The number of rotatable bonds is 14. The first-order valence-electron chi connectivity index (χ1n) is 15.4. The maximum absolute atomic E-state index is 13.1. The van der Waals surface area contributed by atoms with Crippen molar-refractivity contribution in [2.75, 3.05) is 39.5 Å². The van der Waals surface area contributed by atoms with Crippen LogP contribution in [-0.2, 0) is 14.3 Å². The predicted octanol–water partition coefficient (Wildman–Crippen LogP) is 7.17. The lowest BCUT2D eigenvalue weighted by molar-refractivity contribution is -0.152. The van der Waals surface area contributed by atoms with Crippen LogP contribution in [0.2, 0.25) is 0 Å². The number of allylic oxidation sites excluding steroid dienone is 2. The largest absolute Gasteiger partial charge is 0.464 e. The summed E-state index contributed by atoms with van der Waals surface area (Å²) in [5.74, 6) is 9.04. The second-order valence-corrected chi connectivity index (χ2v) is 11.3. The average molecular weight is 500 g/mol. The molecule has 0 amide bonds. The maximum Gasteiger partial charge on any atom is 0.309 e. The topological polar surface area (TPSA) is 38.8 Å². The highest BCUT2D eigenvalue weighted by molar-refractivity contribution is 5.72. The quantitative estimate of drug-likeness (QED) is 0.110. The maximum atomic E-state index is 13.1. The molecule has 3 fully saturated rings. The fourth-order valence-electron chi connectivity index (χ4n) is 6.31. The van der Waals surface area contributed by atoms with Gasteiger partial charge in [-0.15, -0.1) is 5.92 Å². The summed E-state index contributed by atoms with van der Waals surface area (Å²) in [4.78, 5) is 15.4. The van der Waals surface area contributed by atoms with Crippen molar-refractivity contribution in [1.29, 1.82) is 0 Å². The van der Waals surface area contributed by atoms with Gasteiger partial charge in [0.1, 0.15) is 6.61 Å². The SMILES string of the molecule is CCCCCCC#C[C@H]1CCC[C@@H]1CC=CCCC(C(=O)OCCN1CCOCC1)C1CCCCC1. The fraction of sp³-hybridized carbons (Fsp3) is 0.844. The van der Waals surface area contributed by atoms with Crippen LogP contribution in [0.5, 0.6) is 0 Å². The second kappa shape index (κ2) is 18.0. The van der Waals surface area contributed by atoms with Gasteiger partial charge in [-0.05, 0) is 63.2 Å². The molecule has 0 aromatic heterocycles. The second-order valence-electron chi connectivity index (χ2n) is 11.3. The monoisotopic (exact) mass is 499 g/mol. The number of unbranched alkanes of at least 4 members (excludes halogenated alkanes) is 4. The summed E-state index contributed by atoms with van der Waals surface area (Å²) in [5, 5.41) is 0. The van der Waals surface area contributed by atoms with Gasteiger partial charge in [-0.1, -0.05) is 69.9 Å². The first kappa shape index (κ1) is 29.2. The number of ether oxygens (including phenoxy) is 2. The van der Waals surface area contributed by atoms with Gasteiger partial charge in [0, 0.05) is 32.0 Å². The summed E-state index contributed by atoms with van der Waals surface area (Å²) in [6, 6.07) is 0. The van der Waals surface area contributed by atoms with Gasteiger partial charge in [0.25, 0.3) is 0 Å². The lowest BCUT2D eigenvalue weighted by Gasteiger charge is -2.29. The highest BCUT2D eigenvalue weighted by atomic mass is 16.5. The first-order chi connectivity index (χ1) is 17.8. The summed E-state index contributed by atoms with van der Waals surface area (Å²) >= 11 is 0. The molecule has 0 aromatic rings. The van der Waals surface area contributed by atoms with Gasteiger partial charge in [-0.3, -0.25) is 9.69 Å². The standard InChI is InChI=1S/C32H53NO3/c1-2-3-4-5-6-9-15-28-19-14-20-29(28)16-10-8-13-21-31(30-17-11-7-12-18-30)32(34)36-27-24-33-22-25-35-26-23-33/h8,10,28-31H,2-7,11-14,16-27H2,1H3/t28-,29-,31?/m0/s1. The molecule has 0 N–H and O–H groups in total. The number of carbonyl (C=O) groups excluding carboxylic acids is 1. The van der Waals surface area contributed by atoms with E-state index in [9.17, 15) is 4.79 Å². The Morgan fingerprint density at radius 1 is 1.03 bits per heavy atom. The number of morpholine rings is 1. The van der Waals surface area contributed by atoms with Gasteiger partial charge in [0.15, 0.2) is 0 Å². The summed E-state index contributed by atoms with van der Waals surface area (Å²) in [7, 11) is 0. The molecule has 36 heavy (non-hydrogen) atoms. The van der Waals surface area contributed by atoms with E-state index >= 15 is 0 Å². The zero-order valence-corrected chi connectivity index (χ0v) is 23.2. The van der Waals surface area contributed by atoms with Crippen LogP contribution in [-0.4, -0.2) is 50.3 Å². The molecule has 0 radical (unpaired) electrons. The summed E-state index contributed by atoms with van der Waals surface area (Å²) in [6.45, 7) is 7.08. The average Bonchev–Trinajstić information content (AvgIpc) is 3.36. The highest BCUT2D eigenvalue weighted by Crippen LogP contribution is 2.35. The lowest BCUT2D eigenvalue weighted by atomic mass is 9.78. The molecule has 2 aliphatic carbocycles. The van der Waals surface area contributed by atoms with E-state index in [4.69, 9.17) is 9.47 Å². The molecule has 0 aromatic carbocycles. The Hall–Kier alpha value is -1.31. The van der Waals surface area contributed by atoms with E-state index in [-0.39, 0.29) is 11.9 Å². The van der Waals surface area contributed by atoms with Gasteiger partial charge in [-0.25, -0.2) is 0 Å². The Labute approximate surface area is 221 Å². The number of carbonyl (C=O) groups is 1. The molecule has 1 aliphatic heterocycles. The van der Waals surface area contributed by atoms with Gasteiger partial charge < -0.3 is 9.47 Å². The van der Waals surface area contributed by atoms with Gasteiger partial charge in [0.05, 0.1) is 19.1 Å². The predicted molar refractivity (Wildman–Crippen MR) is 149 cm³/mol. The van der Waals surface area contributed by atoms with E-state index in [1.807, 2.05) is 0 Å². The van der Waals surface area contributed by atoms with Crippen LogP contribution in [0.1, 0.15) is 110 Å². The molecular weight excluding hydrogens is 446 g/mol. The Morgan fingerprint density at radius 2 is 1.86 bits per heavy atom. The van der Waals surface area contributed by atoms with Gasteiger partial charge in [-0.2, -0.15) is 0 Å². The Balaban J connectivity index is 1.39. The summed E-state index contributed by atoms with van der Waals surface area (Å²) in [5.41, 5.74) is 0. The molecular formula is C32H53NO3. The Kier molecular flexibility index (Phi) is 14.6. The number of hydrogen-bond acceptors (Lipinski definition) is 4. The van der Waals surface area contributed by atoms with Crippen LogP contribution in [0.3, 0.4) is 0 Å². The van der Waals surface area contributed by atoms with Crippen LogP contribution in [0.4, 0.5) is 0 Å². The third-order valence-corrected chi connectivity index (χ3v) is 8.63. The molecule has 0 bridgehead atoms. The van der Waals surface area contributed by atoms with Crippen LogP contribution < -0.4 is 0 Å². The number of hydrogen-bond donors (Lipinski definition) is 0. The van der Waals surface area contributed by atoms with E-state index in [1.54, 1.807) is 0 Å². The van der Waals surface area contributed by atoms with Crippen LogP contribution in [0.25, 0.3) is 0 Å². The molecule has 3 aliphatic rings. The van der Waals surface area contributed by atoms with Crippen molar-refractivity contribution in [1.82, 2.24) is 4.90 Å². The molecule has 0 spiro atoms. The van der Waals surface area contributed by atoms with Crippen molar-refractivity contribution in [3.8, 4) is 11.8 Å². The van der Waals surface area contributed by atoms with Crippen LogP contribution >= 0.6 is 0 Å². The molecule has 4 nitrogen and oxygen atoms in total. The van der Waals surface area contributed by atoms with Gasteiger partial charge in [0.2, 0.25) is 0 Å². The smallest absolute Gasteiger partial charge is 0.309 e. The molecule has 2 saturated carbocycles. The molecule has 1 unspecified atom stereocenters. The molecule has 3 atom stereocenters. The van der Waals surface area contributed by atoms with Crippen molar-refractivity contribution in [2.24, 2.45) is 23.7 Å². The third kappa shape index (κ3) is 11.0. The minimum Gasteiger partial charge on any atom is -0.464 e. The van der Waals surface area contributed by atoms with Crippen LogP contribution in [0, 0.1) is 35.5 Å². The molecule has 3 rings (SSSR count). The summed E-state index contributed by atoms with van der Waals surface area (Å²) in [6.07, 6.45) is 24.2. The minimum atomic E-state index is 0.0497. The van der Waals surface area contributed by atoms with E-state index in [0.717, 1.165) is 64.4 Å². The van der Waals surface area contributed by atoms with Crippen LogP contribution in [0.15, 0.2) is 12.2 Å². The van der Waals surface area contributed by atoms with Crippen molar-refractivity contribution in [2.45, 2.75) is 110 Å².